The van der Waals surface area contributed by atoms with Gasteiger partial charge in [-0.25, -0.2) is 4.39 Å². The van der Waals surface area contributed by atoms with Crippen molar-refractivity contribution in [1.29, 1.82) is 0 Å². The van der Waals surface area contributed by atoms with Crippen LogP contribution >= 0.6 is 0 Å². The zero-order valence-corrected chi connectivity index (χ0v) is 14.4. The van der Waals surface area contributed by atoms with E-state index in [2.05, 4.69) is 24.3 Å². The van der Waals surface area contributed by atoms with Crippen molar-refractivity contribution < 1.29 is 9.18 Å². The van der Waals surface area contributed by atoms with Gasteiger partial charge in [0.05, 0.1) is 12.1 Å². The molecule has 1 N–H and O–H groups in total. The highest BCUT2D eigenvalue weighted by Gasteiger charge is 2.16. The summed E-state index contributed by atoms with van der Waals surface area (Å²) in [5, 5.41) is 7.31. The van der Waals surface area contributed by atoms with E-state index in [0.29, 0.717) is 11.6 Å². The first-order valence-electron chi connectivity index (χ1n) is 7.86. The summed E-state index contributed by atoms with van der Waals surface area (Å²) in [5.41, 5.74) is 4.18. The molecule has 0 atom stereocenters. The molecule has 4 nitrogen and oxygen atoms in total. The lowest BCUT2D eigenvalue weighted by Gasteiger charge is -2.10. The number of hydrogen-bond acceptors (Lipinski definition) is 2. The van der Waals surface area contributed by atoms with Crippen LogP contribution in [0.5, 0.6) is 0 Å². The van der Waals surface area contributed by atoms with Crippen molar-refractivity contribution in [2.45, 2.75) is 47.6 Å². The molecule has 0 aliphatic carbocycles. The number of carbonyl (C=O) groups excluding carboxylic acids is 1. The lowest BCUT2D eigenvalue weighted by Crippen LogP contribution is -2.16. The fourth-order valence-corrected chi connectivity index (χ4v) is 2.60. The maximum Gasteiger partial charge on any atom is 0.228 e. The van der Waals surface area contributed by atoms with E-state index in [1.807, 2.05) is 25.5 Å². The average molecular weight is 317 g/mol. The van der Waals surface area contributed by atoms with Crippen LogP contribution in [-0.2, 0) is 17.8 Å². The van der Waals surface area contributed by atoms with E-state index in [1.165, 1.54) is 12.1 Å². The van der Waals surface area contributed by atoms with Gasteiger partial charge >= 0.3 is 0 Å². The summed E-state index contributed by atoms with van der Waals surface area (Å²) in [7, 11) is 0. The molecule has 0 fully saturated rings. The Morgan fingerprint density at radius 2 is 2.00 bits per heavy atom. The highest BCUT2D eigenvalue weighted by Crippen LogP contribution is 2.19. The normalized spacial score (nSPS) is 11.1. The molecule has 0 aliphatic heterocycles. The molecule has 0 unspecified atom stereocenters. The third-order valence-electron chi connectivity index (χ3n) is 3.88. The second-order valence-electron chi connectivity index (χ2n) is 6.41. The van der Waals surface area contributed by atoms with Gasteiger partial charge in [0.1, 0.15) is 5.82 Å². The molecule has 23 heavy (non-hydrogen) atoms. The number of anilines is 1. The van der Waals surface area contributed by atoms with Crippen molar-refractivity contribution >= 4 is 11.6 Å². The summed E-state index contributed by atoms with van der Waals surface area (Å²) in [6.07, 6.45) is 0.242. The SMILES string of the molecule is Cc1ccc(F)cc1NC(=O)Cc1c(C)nn(CC(C)C)c1C. The van der Waals surface area contributed by atoms with Crippen LogP contribution in [0.25, 0.3) is 0 Å². The molecule has 0 spiro atoms. The highest BCUT2D eigenvalue weighted by atomic mass is 19.1. The Labute approximate surface area is 136 Å². The number of aromatic nitrogens is 2. The van der Waals surface area contributed by atoms with Crippen molar-refractivity contribution in [2.75, 3.05) is 5.32 Å². The van der Waals surface area contributed by atoms with E-state index in [0.717, 1.165) is 29.1 Å². The second-order valence-corrected chi connectivity index (χ2v) is 6.41. The molecule has 1 aromatic carbocycles. The fraction of sp³-hybridized carbons (Fsp3) is 0.444. The van der Waals surface area contributed by atoms with Gasteiger partial charge < -0.3 is 5.32 Å². The molecule has 124 valence electrons. The van der Waals surface area contributed by atoms with Crippen LogP contribution in [0.4, 0.5) is 10.1 Å². The number of amides is 1. The lowest BCUT2D eigenvalue weighted by atomic mass is 10.1. The van der Waals surface area contributed by atoms with Crippen molar-refractivity contribution in [3.63, 3.8) is 0 Å². The third kappa shape index (κ3) is 4.18. The van der Waals surface area contributed by atoms with Crippen LogP contribution in [0.3, 0.4) is 0 Å². The monoisotopic (exact) mass is 317 g/mol. The number of hydrogen-bond donors (Lipinski definition) is 1. The van der Waals surface area contributed by atoms with E-state index in [1.54, 1.807) is 6.07 Å². The summed E-state index contributed by atoms with van der Waals surface area (Å²) in [6, 6.07) is 4.38. The summed E-state index contributed by atoms with van der Waals surface area (Å²) < 4.78 is 15.3. The molecule has 0 saturated heterocycles. The molecule has 2 aromatic rings. The van der Waals surface area contributed by atoms with Crippen LogP contribution < -0.4 is 5.32 Å². The number of aryl methyl sites for hydroxylation is 2. The van der Waals surface area contributed by atoms with E-state index in [4.69, 9.17) is 0 Å². The van der Waals surface area contributed by atoms with Crippen LogP contribution in [0, 0.1) is 32.5 Å². The van der Waals surface area contributed by atoms with E-state index >= 15 is 0 Å². The molecule has 1 heterocycles. The summed E-state index contributed by atoms with van der Waals surface area (Å²) in [5.74, 6) is -0.0263. The van der Waals surface area contributed by atoms with E-state index in [-0.39, 0.29) is 18.1 Å². The number of benzene rings is 1. The van der Waals surface area contributed by atoms with Crippen LogP contribution in [-0.4, -0.2) is 15.7 Å². The van der Waals surface area contributed by atoms with Gasteiger partial charge in [0.15, 0.2) is 0 Å². The molecule has 1 amide bonds. The largest absolute Gasteiger partial charge is 0.325 e. The predicted molar refractivity (Wildman–Crippen MR) is 90.0 cm³/mol. The number of halogens is 1. The van der Waals surface area contributed by atoms with Crippen molar-refractivity contribution in [1.82, 2.24) is 9.78 Å². The van der Waals surface area contributed by atoms with Gasteiger partial charge in [0.2, 0.25) is 5.91 Å². The molecule has 0 bridgehead atoms. The zero-order valence-electron chi connectivity index (χ0n) is 14.4. The second kappa shape index (κ2) is 6.94. The highest BCUT2D eigenvalue weighted by molar-refractivity contribution is 5.93. The summed E-state index contributed by atoms with van der Waals surface area (Å²) >= 11 is 0. The van der Waals surface area contributed by atoms with Gasteiger partial charge in [-0.15, -0.1) is 0 Å². The van der Waals surface area contributed by atoms with Gasteiger partial charge in [-0.1, -0.05) is 19.9 Å². The number of nitrogens with zero attached hydrogens (tertiary/aromatic N) is 2. The Balaban J connectivity index is 2.14. The van der Waals surface area contributed by atoms with E-state index in [9.17, 15) is 9.18 Å². The summed E-state index contributed by atoms with van der Waals surface area (Å²) in [6.45, 7) is 10.8. The topological polar surface area (TPSA) is 46.9 Å². The van der Waals surface area contributed by atoms with E-state index < -0.39 is 0 Å². The minimum Gasteiger partial charge on any atom is -0.325 e. The van der Waals surface area contributed by atoms with Gasteiger partial charge in [-0.05, 0) is 44.4 Å². The standard InChI is InChI=1S/C18H24FN3O/c1-11(2)10-22-14(5)16(13(4)21-22)9-18(23)20-17-8-15(19)7-6-12(17)3/h6-8,11H,9-10H2,1-5H3,(H,20,23). The molecular formula is C18H24FN3O. The van der Waals surface area contributed by atoms with Gasteiger partial charge in [0, 0.05) is 23.5 Å². The first kappa shape index (κ1) is 17.2. The molecule has 2 rings (SSSR count). The van der Waals surface area contributed by atoms with Crippen LogP contribution in [0.2, 0.25) is 0 Å². The Morgan fingerprint density at radius 1 is 1.30 bits per heavy atom. The van der Waals surface area contributed by atoms with Crippen molar-refractivity contribution in [3.8, 4) is 0 Å². The van der Waals surface area contributed by atoms with Gasteiger partial charge in [0.25, 0.3) is 0 Å². The van der Waals surface area contributed by atoms with Crippen molar-refractivity contribution in [2.24, 2.45) is 5.92 Å². The minimum atomic E-state index is -0.358. The summed E-state index contributed by atoms with van der Waals surface area (Å²) in [4.78, 5) is 12.3. The van der Waals surface area contributed by atoms with Crippen molar-refractivity contribution in [3.05, 3.63) is 46.5 Å². The molecule has 0 radical (unpaired) electrons. The quantitative estimate of drug-likeness (QED) is 0.912. The maximum absolute atomic E-state index is 13.3. The smallest absolute Gasteiger partial charge is 0.228 e. The average Bonchev–Trinajstić information content (AvgIpc) is 2.70. The zero-order chi connectivity index (χ0) is 17.1. The predicted octanol–water partition coefficient (Wildman–Crippen LogP) is 3.78. The third-order valence-corrected chi connectivity index (χ3v) is 3.88. The minimum absolute atomic E-state index is 0.158. The Bertz CT molecular complexity index is 719. The lowest BCUT2D eigenvalue weighted by molar-refractivity contribution is -0.115. The molecule has 1 aromatic heterocycles. The molecule has 0 aliphatic rings. The first-order chi connectivity index (χ1) is 10.8. The first-order valence-corrected chi connectivity index (χ1v) is 7.86. The maximum atomic E-state index is 13.3. The molecule has 0 saturated carbocycles. The van der Waals surface area contributed by atoms with Gasteiger partial charge in [-0.2, -0.15) is 5.10 Å². The fourth-order valence-electron chi connectivity index (χ4n) is 2.60. The number of nitrogens with one attached hydrogen (secondary N) is 1. The molecule has 5 heteroatoms. The number of rotatable bonds is 5. The van der Waals surface area contributed by atoms with Gasteiger partial charge in [-0.3, -0.25) is 9.48 Å². The Morgan fingerprint density at radius 3 is 2.65 bits per heavy atom. The number of carbonyl (C=O) groups is 1. The van der Waals surface area contributed by atoms with Crippen LogP contribution in [0.15, 0.2) is 18.2 Å². The van der Waals surface area contributed by atoms with Crippen LogP contribution in [0.1, 0.15) is 36.4 Å². The Hall–Kier alpha value is -2.17. The Kier molecular flexibility index (Phi) is 5.19. The molecular weight excluding hydrogens is 293 g/mol.